The monoisotopic (exact) mass is 450 g/mol. The van der Waals surface area contributed by atoms with Crippen molar-refractivity contribution in [2.75, 3.05) is 7.11 Å². The Morgan fingerprint density at radius 2 is 1.75 bits per heavy atom. The summed E-state index contributed by atoms with van der Waals surface area (Å²) in [4.78, 5) is 12.3. The van der Waals surface area contributed by atoms with Crippen LogP contribution in [0.2, 0.25) is 0 Å². The van der Waals surface area contributed by atoms with Gasteiger partial charge in [-0.2, -0.15) is 13.2 Å². The fourth-order valence-corrected chi connectivity index (χ4v) is 2.78. The van der Waals surface area contributed by atoms with Crippen LogP contribution in [0.15, 0.2) is 48.5 Å². The number of benzene rings is 2. The van der Waals surface area contributed by atoms with E-state index in [0.717, 1.165) is 0 Å². The molecule has 3 nitrogen and oxygen atoms in total. The number of hydrogen-bond acceptors (Lipinski definition) is 3. The van der Waals surface area contributed by atoms with E-state index in [1.807, 2.05) is 22.6 Å². The van der Waals surface area contributed by atoms with Crippen LogP contribution in [0.1, 0.15) is 28.4 Å². The lowest BCUT2D eigenvalue weighted by Crippen LogP contribution is -2.20. The lowest BCUT2D eigenvalue weighted by molar-refractivity contribution is -0.155. The smallest absolute Gasteiger partial charge is 0.392 e. The van der Waals surface area contributed by atoms with E-state index in [2.05, 4.69) is 0 Å². The first-order valence-corrected chi connectivity index (χ1v) is 8.05. The molecule has 0 saturated carbocycles. The van der Waals surface area contributed by atoms with Gasteiger partial charge in [0.15, 0.2) is 0 Å². The highest BCUT2D eigenvalue weighted by molar-refractivity contribution is 14.1. The molecule has 0 N–H and O–H groups in total. The first-order valence-electron chi connectivity index (χ1n) is 6.97. The van der Waals surface area contributed by atoms with Crippen molar-refractivity contribution in [3.63, 3.8) is 0 Å². The number of carbonyl (C=O) groups is 1. The minimum absolute atomic E-state index is 0.177. The summed E-state index contributed by atoms with van der Waals surface area (Å²) in [5, 5.41) is 0. The van der Waals surface area contributed by atoms with E-state index >= 15 is 0 Å². The van der Waals surface area contributed by atoms with Crippen molar-refractivity contribution in [3.8, 4) is 5.75 Å². The van der Waals surface area contributed by atoms with E-state index in [1.54, 1.807) is 30.3 Å². The highest BCUT2D eigenvalue weighted by Gasteiger charge is 2.36. The van der Waals surface area contributed by atoms with Crippen LogP contribution in [0, 0.1) is 3.57 Å². The van der Waals surface area contributed by atoms with Crippen LogP contribution in [0.4, 0.5) is 13.2 Å². The maximum atomic E-state index is 12.9. The molecule has 1 unspecified atom stereocenters. The Morgan fingerprint density at radius 1 is 1.12 bits per heavy atom. The third-order valence-electron chi connectivity index (χ3n) is 3.25. The molecule has 0 aliphatic carbocycles. The van der Waals surface area contributed by atoms with Gasteiger partial charge in [-0.1, -0.05) is 30.3 Å². The fraction of sp³-hybridized carbons (Fsp3) is 0.235. The summed E-state index contributed by atoms with van der Waals surface area (Å²) in [7, 11) is 1.35. The first kappa shape index (κ1) is 18.6. The average Bonchev–Trinajstić information content (AvgIpc) is 2.53. The van der Waals surface area contributed by atoms with Gasteiger partial charge in [0.25, 0.3) is 0 Å². The Balaban J connectivity index is 2.33. The topological polar surface area (TPSA) is 35.5 Å². The second-order valence-corrected chi connectivity index (χ2v) is 6.10. The molecule has 2 rings (SSSR count). The number of alkyl halides is 3. The van der Waals surface area contributed by atoms with Gasteiger partial charge in [-0.15, -0.1) is 0 Å². The zero-order chi connectivity index (χ0) is 17.7. The zero-order valence-corrected chi connectivity index (χ0v) is 14.8. The summed E-state index contributed by atoms with van der Waals surface area (Å²) in [5.41, 5.74) is 0.400. The normalized spacial score (nSPS) is 12.5. The molecule has 0 aromatic heterocycles. The third-order valence-corrected chi connectivity index (χ3v) is 4.19. The molecule has 7 heteroatoms. The van der Waals surface area contributed by atoms with Gasteiger partial charge in [0, 0.05) is 9.13 Å². The second kappa shape index (κ2) is 7.87. The predicted molar refractivity (Wildman–Crippen MR) is 91.0 cm³/mol. The molecule has 24 heavy (non-hydrogen) atoms. The maximum absolute atomic E-state index is 12.9. The molecule has 0 fully saturated rings. The summed E-state index contributed by atoms with van der Waals surface area (Å²) < 4.78 is 49.6. The molecule has 0 heterocycles. The Labute approximate surface area is 150 Å². The molecule has 0 radical (unpaired) electrons. The van der Waals surface area contributed by atoms with Gasteiger partial charge < -0.3 is 9.47 Å². The molecule has 128 valence electrons. The van der Waals surface area contributed by atoms with E-state index in [4.69, 9.17) is 9.47 Å². The molecule has 0 spiro atoms. The number of carbonyl (C=O) groups excluding carboxylic acids is 1. The van der Waals surface area contributed by atoms with Crippen molar-refractivity contribution >= 4 is 28.6 Å². The molecule has 0 saturated heterocycles. The highest BCUT2D eigenvalue weighted by atomic mass is 127. The van der Waals surface area contributed by atoms with Crippen molar-refractivity contribution in [3.05, 3.63) is 63.2 Å². The molecule has 2 aromatic carbocycles. The van der Waals surface area contributed by atoms with Crippen LogP contribution in [-0.4, -0.2) is 19.3 Å². The van der Waals surface area contributed by atoms with Crippen molar-refractivity contribution in [1.29, 1.82) is 0 Å². The molecule has 2 aromatic rings. The standard InChI is InChI=1S/C17H14F3IO3/c1-23-14-9-5-3-7-12(14)15(10-17(18,19)20)24-16(22)11-6-2-4-8-13(11)21/h2-9,15H,10H2,1H3. The Kier molecular flexibility index (Phi) is 6.09. The van der Waals surface area contributed by atoms with Gasteiger partial charge in [-0.3, -0.25) is 0 Å². The number of ether oxygens (including phenoxy) is 2. The van der Waals surface area contributed by atoms with Gasteiger partial charge in [0.2, 0.25) is 0 Å². The maximum Gasteiger partial charge on any atom is 0.392 e. The van der Waals surface area contributed by atoms with Crippen molar-refractivity contribution in [1.82, 2.24) is 0 Å². The van der Waals surface area contributed by atoms with Crippen LogP contribution in [0.5, 0.6) is 5.75 Å². The number of methoxy groups -OCH3 is 1. The predicted octanol–water partition coefficient (Wildman–Crippen LogP) is 5.15. The van der Waals surface area contributed by atoms with E-state index in [0.29, 0.717) is 3.57 Å². The quantitative estimate of drug-likeness (QED) is 0.467. The van der Waals surface area contributed by atoms with Crippen molar-refractivity contribution in [2.45, 2.75) is 18.7 Å². The van der Waals surface area contributed by atoms with Crippen molar-refractivity contribution in [2.24, 2.45) is 0 Å². The van der Waals surface area contributed by atoms with Crippen LogP contribution in [-0.2, 0) is 4.74 Å². The number of rotatable bonds is 5. The Morgan fingerprint density at radius 3 is 2.38 bits per heavy atom. The van der Waals surface area contributed by atoms with E-state index in [-0.39, 0.29) is 16.9 Å². The summed E-state index contributed by atoms with van der Waals surface area (Å²) >= 11 is 1.93. The van der Waals surface area contributed by atoms with E-state index < -0.39 is 24.7 Å². The summed E-state index contributed by atoms with van der Waals surface area (Å²) in [6.07, 6.45) is -7.26. The minimum atomic E-state index is -4.49. The summed E-state index contributed by atoms with van der Waals surface area (Å²) in [6.45, 7) is 0. The molecule has 1 atom stereocenters. The van der Waals surface area contributed by atoms with Gasteiger partial charge in [0.05, 0.1) is 19.1 Å². The number of para-hydroxylation sites is 1. The molecular weight excluding hydrogens is 436 g/mol. The van der Waals surface area contributed by atoms with Gasteiger partial charge in [0.1, 0.15) is 11.9 Å². The summed E-state index contributed by atoms with van der Waals surface area (Å²) in [5.74, 6) is -0.567. The Bertz CT molecular complexity index is 716. The zero-order valence-electron chi connectivity index (χ0n) is 12.6. The lowest BCUT2D eigenvalue weighted by Gasteiger charge is -2.22. The first-order chi connectivity index (χ1) is 11.3. The molecule has 0 amide bonds. The average molecular weight is 450 g/mol. The van der Waals surface area contributed by atoms with Gasteiger partial charge >= 0.3 is 12.1 Å². The molecule has 0 aliphatic heterocycles. The largest absolute Gasteiger partial charge is 0.496 e. The van der Waals surface area contributed by atoms with Gasteiger partial charge in [-0.05, 0) is 40.8 Å². The van der Waals surface area contributed by atoms with Crippen LogP contribution < -0.4 is 4.74 Å². The molecule has 0 aliphatic rings. The second-order valence-electron chi connectivity index (χ2n) is 4.94. The van der Waals surface area contributed by atoms with Crippen molar-refractivity contribution < 1.29 is 27.4 Å². The van der Waals surface area contributed by atoms with Gasteiger partial charge in [-0.25, -0.2) is 4.79 Å². The van der Waals surface area contributed by atoms with Crippen LogP contribution >= 0.6 is 22.6 Å². The van der Waals surface area contributed by atoms with Crippen LogP contribution in [0.25, 0.3) is 0 Å². The number of halogens is 4. The third kappa shape index (κ3) is 4.86. The SMILES string of the molecule is COc1ccccc1C(CC(F)(F)F)OC(=O)c1ccccc1I. The van der Waals surface area contributed by atoms with Crippen LogP contribution in [0.3, 0.4) is 0 Å². The highest BCUT2D eigenvalue weighted by Crippen LogP contribution is 2.37. The number of hydrogen-bond donors (Lipinski definition) is 0. The lowest BCUT2D eigenvalue weighted by atomic mass is 10.0. The fourth-order valence-electron chi connectivity index (χ4n) is 2.18. The summed E-state index contributed by atoms with van der Waals surface area (Å²) in [6, 6.07) is 12.7. The molecule has 0 bridgehead atoms. The Hall–Kier alpha value is -1.77. The molecular formula is C17H14F3IO3. The number of esters is 1. The minimum Gasteiger partial charge on any atom is -0.496 e. The van der Waals surface area contributed by atoms with E-state index in [9.17, 15) is 18.0 Å². The van der Waals surface area contributed by atoms with E-state index in [1.165, 1.54) is 25.3 Å².